The number of nitrogen functional groups attached to an aromatic ring is 1. The summed E-state index contributed by atoms with van der Waals surface area (Å²) in [6.45, 7) is 0.845. The van der Waals surface area contributed by atoms with Crippen molar-refractivity contribution in [3.05, 3.63) is 42.2 Å². The SMILES string of the molecule is CN(Cc1cnn(C)c1)c1ccc(N)cc1. The Bertz CT molecular complexity index is 458. The van der Waals surface area contributed by atoms with E-state index in [0.717, 1.165) is 17.9 Å². The van der Waals surface area contributed by atoms with Crippen LogP contribution in [-0.4, -0.2) is 16.8 Å². The van der Waals surface area contributed by atoms with Gasteiger partial charge in [-0.3, -0.25) is 4.68 Å². The number of benzene rings is 1. The molecule has 84 valence electrons. The predicted octanol–water partition coefficient (Wildman–Crippen LogP) is 1.64. The van der Waals surface area contributed by atoms with Gasteiger partial charge in [0.15, 0.2) is 0 Å². The summed E-state index contributed by atoms with van der Waals surface area (Å²) in [7, 11) is 3.98. The third-order valence-electron chi connectivity index (χ3n) is 2.51. The predicted molar refractivity (Wildman–Crippen MR) is 66.2 cm³/mol. The molecule has 2 aromatic rings. The van der Waals surface area contributed by atoms with Gasteiger partial charge < -0.3 is 10.6 Å². The molecule has 0 saturated carbocycles. The van der Waals surface area contributed by atoms with Crippen LogP contribution >= 0.6 is 0 Å². The molecular weight excluding hydrogens is 200 g/mol. The van der Waals surface area contributed by atoms with Crippen LogP contribution < -0.4 is 10.6 Å². The first kappa shape index (κ1) is 10.5. The van der Waals surface area contributed by atoms with Gasteiger partial charge in [0.25, 0.3) is 0 Å². The van der Waals surface area contributed by atoms with Crippen LogP contribution in [0, 0.1) is 0 Å². The molecule has 1 aromatic carbocycles. The molecule has 0 atom stereocenters. The van der Waals surface area contributed by atoms with Gasteiger partial charge >= 0.3 is 0 Å². The van der Waals surface area contributed by atoms with Crippen molar-refractivity contribution in [1.82, 2.24) is 9.78 Å². The van der Waals surface area contributed by atoms with E-state index in [4.69, 9.17) is 5.73 Å². The van der Waals surface area contributed by atoms with Gasteiger partial charge in [0, 0.05) is 43.8 Å². The third kappa shape index (κ3) is 2.34. The first-order chi connectivity index (χ1) is 7.65. The molecule has 0 unspecified atom stereocenters. The maximum Gasteiger partial charge on any atom is 0.0539 e. The van der Waals surface area contributed by atoms with Gasteiger partial charge in [-0.1, -0.05) is 0 Å². The largest absolute Gasteiger partial charge is 0.399 e. The van der Waals surface area contributed by atoms with E-state index in [2.05, 4.69) is 17.0 Å². The molecule has 0 bridgehead atoms. The van der Waals surface area contributed by atoms with Crippen LogP contribution in [-0.2, 0) is 13.6 Å². The second-order valence-corrected chi connectivity index (χ2v) is 3.97. The van der Waals surface area contributed by atoms with Crippen molar-refractivity contribution in [2.75, 3.05) is 17.7 Å². The van der Waals surface area contributed by atoms with Gasteiger partial charge in [0.05, 0.1) is 6.20 Å². The molecule has 1 aromatic heterocycles. The number of hydrogen-bond acceptors (Lipinski definition) is 3. The summed E-state index contributed by atoms with van der Waals surface area (Å²) >= 11 is 0. The first-order valence-corrected chi connectivity index (χ1v) is 5.19. The second-order valence-electron chi connectivity index (χ2n) is 3.97. The van der Waals surface area contributed by atoms with Gasteiger partial charge in [-0.2, -0.15) is 5.10 Å². The van der Waals surface area contributed by atoms with Crippen molar-refractivity contribution >= 4 is 11.4 Å². The lowest BCUT2D eigenvalue weighted by Crippen LogP contribution is -2.15. The Labute approximate surface area is 95.3 Å². The fourth-order valence-corrected chi connectivity index (χ4v) is 1.65. The number of hydrogen-bond donors (Lipinski definition) is 1. The van der Waals surface area contributed by atoms with Crippen molar-refractivity contribution in [3.8, 4) is 0 Å². The van der Waals surface area contributed by atoms with Crippen LogP contribution in [0.5, 0.6) is 0 Å². The normalized spacial score (nSPS) is 10.4. The molecule has 0 spiro atoms. The molecular formula is C12H16N4. The third-order valence-corrected chi connectivity index (χ3v) is 2.51. The second kappa shape index (κ2) is 4.26. The van der Waals surface area contributed by atoms with Crippen molar-refractivity contribution in [3.63, 3.8) is 0 Å². The lowest BCUT2D eigenvalue weighted by Gasteiger charge is -2.18. The maximum absolute atomic E-state index is 5.65. The molecule has 0 amide bonds. The van der Waals surface area contributed by atoms with Crippen LogP contribution in [0.15, 0.2) is 36.7 Å². The van der Waals surface area contributed by atoms with Gasteiger partial charge in [-0.05, 0) is 24.3 Å². The Hall–Kier alpha value is -1.97. The number of nitrogens with zero attached hydrogens (tertiary/aromatic N) is 3. The zero-order valence-corrected chi connectivity index (χ0v) is 9.59. The van der Waals surface area contributed by atoms with Crippen LogP contribution in [0.4, 0.5) is 11.4 Å². The number of rotatable bonds is 3. The molecule has 0 aliphatic carbocycles. The molecule has 2 rings (SSSR count). The Balaban J connectivity index is 2.08. The van der Waals surface area contributed by atoms with E-state index in [0.29, 0.717) is 0 Å². The molecule has 4 nitrogen and oxygen atoms in total. The number of nitrogens with two attached hydrogens (primary N) is 1. The lowest BCUT2D eigenvalue weighted by molar-refractivity contribution is 0.766. The summed E-state index contributed by atoms with van der Waals surface area (Å²) in [4.78, 5) is 2.16. The smallest absolute Gasteiger partial charge is 0.0539 e. The number of aromatic nitrogens is 2. The van der Waals surface area contributed by atoms with Gasteiger partial charge in [0.2, 0.25) is 0 Å². The quantitative estimate of drug-likeness (QED) is 0.793. The van der Waals surface area contributed by atoms with Crippen molar-refractivity contribution in [2.24, 2.45) is 7.05 Å². The molecule has 2 N–H and O–H groups in total. The Morgan fingerprint density at radius 2 is 2.00 bits per heavy atom. The minimum absolute atomic E-state index is 0.790. The van der Waals surface area contributed by atoms with E-state index >= 15 is 0 Å². The van der Waals surface area contributed by atoms with E-state index in [-0.39, 0.29) is 0 Å². The van der Waals surface area contributed by atoms with E-state index < -0.39 is 0 Å². The summed E-state index contributed by atoms with van der Waals surface area (Å²) in [6.07, 6.45) is 3.90. The van der Waals surface area contributed by atoms with Crippen LogP contribution in [0.25, 0.3) is 0 Å². The zero-order chi connectivity index (χ0) is 11.5. The van der Waals surface area contributed by atoms with Crippen LogP contribution in [0.3, 0.4) is 0 Å². The van der Waals surface area contributed by atoms with Crippen LogP contribution in [0.1, 0.15) is 5.56 Å². The molecule has 1 heterocycles. The van der Waals surface area contributed by atoms with E-state index in [1.807, 2.05) is 48.4 Å². The van der Waals surface area contributed by atoms with E-state index in [9.17, 15) is 0 Å². The summed E-state index contributed by atoms with van der Waals surface area (Å²) in [6, 6.07) is 7.86. The molecule has 0 fully saturated rings. The molecule has 4 heteroatoms. The summed E-state index contributed by atoms with van der Waals surface area (Å²) in [5.74, 6) is 0. The summed E-state index contributed by atoms with van der Waals surface area (Å²) < 4.78 is 1.81. The molecule has 16 heavy (non-hydrogen) atoms. The number of aryl methyl sites for hydroxylation is 1. The molecule has 0 aliphatic rings. The highest BCUT2D eigenvalue weighted by Gasteiger charge is 2.03. The van der Waals surface area contributed by atoms with Crippen LogP contribution in [0.2, 0.25) is 0 Å². The standard InChI is InChI=1S/C12H16N4/c1-15(8-10-7-14-16(2)9-10)12-5-3-11(13)4-6-12/h3-7,9H,8,13H2,1-2H3. The fraction of sp³-hybridized carbons (Fsp3) is 0.250. The van der Waals surface area contributed by atoms with E-state index in [1.54, 1.807) is 0 Å². The molecule has 0 aliphatic heterocycles. The summed E-state index contributed by atoms with van der Waals surface area (Å²) in [5, 5.41) is 4.15. The Morgan fingerprint density at radius 3 is 2.56 bits per heavy atom. The Morgan fingerprint density at radius 1 is 1.31 bits per heavy atom. The average molecular weight is 216 g/mol. The summed E-state index contributed by atoms with van der Waals surface area (Å²) in [5.41, 5.74) is 8.79. The van der Waals surface area contributed by atoms with E-state index in [1.165, 1.54) is 5.56 Å². The van der Waals surface area contributed by atoms with Crippen molar-refractivity contribution < 1.29 is 0 Å². The topological polar surface area (TPSA) is 47.1 Å². The monoisotopic (exact) mass is 216 g/mol. The highest BCUT2D eigenvalue weighted by atomic mass is 15.2. The molecule has 0 radical (unpaired) electrons. The average Bonchev–Trinajstić information content (AvgIpc) is 2.65. The lowest BCUT2D eigenvalue weighted by atomic mass is 10.2. The van der Waals surface area contributed by atoms with Gasteiger partial charge in [-0.25, -0.2) is 0 Å². The van der Waals surface area contributed by atoms with Crippen molar-refractivity contribution in [2.45, 2.75) is 6.54 Å². The fourth-order valence-electron chi connectivity index (χ4n) is 1.65. The van der Waals surface area contributed by atoms with Gasteiger partial charge in [0.1, 0.15) is 0 Å². The Kier molecular flexibility index (Phi) is 2.81. The minimum atomic E-state index is 0.790. The van der Waals surface area contributed by atoms with Crippen molar-refractivity contribution in [1.29, 1.82) is 0 Å². The minimum Gasteiger partial charge on any atom is -0.399 e. The maximum atomic E-state index is 5.65. The number of anilines is 2. The van der Waals surface area contributed by atoms with Gasteiger partial charge in [-0.15, -0.1) is 0 Å². The highest BCUT2D eigenvalue weighted by Crippen LogP contribution is 2.16. The highest BCUT2D eigenvalue weighted by molar-refractivity contribution is 5.52. The first-order valence-electron chi connectivity index (χ1n) is 5.19. The zero-order valence-electron chi connectivity index (χ0n) is 9.59. The molecule has 0 saturated heterocycles.